The van der Waals surface area contributed by atoms with E-state index in [-0.39, 0.29) is 11.4 Å². The van der Waals surface area contributed by atoms with E-state index < -0.39 is 0 Å². The fourth-order valence-electron chi connectivity index (χ4n) is 1.49. The molecule has 19 heavy (non-hydrogen) atoms. The van der Waals surface area contributed by atoms with E-state index in [9.17, 15) is 4.39 Å². The first-order valence-electron chi connectivity index (χ1n) is 5.97. The number of hydrogen-bond donors (Lipinski definition) is 1. The van der Waals surface area contributed by atoms with Crippen molar-refractivity contribution >= 4 is 15.9 Å². The molecule has 6 heteroatoms. The summed E-state index contributed by atoms with van der Waals surface area (Å²) in [4.78, 5) is 0. The van der Waals surface area contributed by atoms with Gasteiger partial charge in [-0.2, -0.15) is 0 Å². The van der Waals surface area contributed by atoms with Gasteiger partial charge >= 0.3 is 0 Å². The van der Waals surface area contributed by atoms with Crippen LogP contribution < -0.4 is 5.32 Å². The molecule has 1 aromatic heterocycles. The molecule has 1 aromatic carbocycles. The van der Waals surface area contributed by atoms with Crippen molar-refractivity contribution in [2.45, 2.75) is 32.9 Å². The van der Waals surface area contributed by atoms with Crippen LogP contribution in [0.25, 0.3) is 5.69 Å². The zero-order valence-electron chi connectivity index (χ0n) is 11.1. The average molecular weight is 327 g/mol. The first-order valence-corrected chi connectivity index (χ1v) is 6.76. The van der Waals surface area contributed by atoms with E-state index in [0.29, 0.717) is 11.0 Å². The van der Waals surface area contributed by atoms with E-state index in [1.54, 1.807) is 16.8 Å². The zero-order chi connectivity index (χ0) is 14.0. The van der Waals surface area contributed by atoms with Crippen molar-refractivity contribution in [3.8, 4) is 5.69 Å². The molecule has 0 radical (unpaired) electrons. The van der Waals surface area contributed by atoms with Crippen molar-refractivity contribution in [3.05, 3.63) is 40.4 Å². The molecule has 0 fully saturated rings. The van der Waals surface area contributed by atoms with Crippen LogP contribution in [-0.2, 0) is 6.54 Å². The van der Waals surface area contributed by atoms with E-state index >= 15 is 0 Å². The maximum atomic E-state index is 13.2. The Hall–Kier alpha value is -1.27. The molecule has 2 rings (SSSR count). The highest BCUT2D eigenvalue weighted by molar-refractivity contribution is 9.10. The number of aromatic nitrogens is 3. The predicted octanol–water partition coefficient (Wildman–Crippen LogP) is 3.06. The van der Waals surface area contributed by atoms with Crippen molar-refractivity contribution in [2.75, 3.05) is 0 Å². The fraction of sp³-hybridized carbons (Fsp3) is 0.385. The van der Waals surface area contributed by atoms with E-state index in [2.05, 4.69) is 52.3 Å². The number of nitrogens with one attached hydrogen (secondary N) is 1. The van der Waals surface area contributed by atoms with Gasteiger partial charge in [-0.15, -0.1) is 5.10 Å². The van der Waals surface area contributed by atoms with Crippen molar-refractivity contribution < 1.29 is 4.39 Å². The minimum Gasteiger partial charge on any atom is -0.306 e. The van der Waals surface area contributed by atoms with Crippen LogP contribution in [0.2, 0.25) is 0 Å². The lowest BCUT2D eigenvalue weighted by Gasteiger charge is -2.19. The largest absolute Gasteiger partial charge is 0.306 e. The summed E-state index contributed by atoms with van der Waals surface area (Å²) in [7, 11) is 0. The Bertz CT molecular complexity index is 574. The lowest BCUT2D eigenvalue weighted by Crippen LogP contribution is -2.35. The summed E-state index contributed by atoms with van der Waals surface area (Å²) in [6.07, 6.45) is 1.83. The van der Waals surface area contributed by atoms with Gasteiger partial charge in [-0.1, -0.05) is 5.21 Å². The Morgan fingerprint density at radius 1 is 1.37 bits per heavy atom. The van der Waals surface area contributed by atoms with Crippen molar-refractivity contribution in [1.82, 2.24) is 20.3 Å². The lowest BCUT2D eigenvalue weighted by molar-refractivity contribution is 0.421. The highest BCUT2D eigenvalue weighted by atomic mass is 79.9. The van der Waals surface area contributed by atoms with Crippen LogP contribution in [0, 0.1) is 5.82 Å². The van der Waals surface area contributed by atoms with Crippen LogP contribution >= 0.6 is 15.9 Å². The van der Waals surface area contributed by atoms with Crippen LogP contribution in [0.1, 0.15) is 26.5 Å². The van der Waals surface area contributed by atoms with E-state index in [1.807, 2.05) is 6.20 Å². The Kier molecular flexibility index (Phi) is 4.01. The molecule has 0 saturated heterocycles. The average Bonchev–Trinajstić information content (AvgIpc) is 2.78. The number of halogens is 2. The van der Waals surface area contributed by atoms with E-state index in [0.717, 1.165) is 11.4 Å². The molecule has 0 unspecified atom stereocenters. The first kappa shape index (κ1) is 14.1. The van der Waals surface area contributed by atoms with Crippen LogP contribution in [0.3, 0.4) is 0 Å². The summed E-state index contributed by atoms with van der Waals surface area (Å²) in [5.74, 6) is -0.293. The van der Waals surface area contributed by atoms with Gasteiger partial charge < -0.3 is 5.32 Å². The standard InChI is InChI=1S/C13H16BrFN4/c1-13(2,3)16-7-9-8-19(18-17-9)10-4-5-12(15)11(14)6-10/h4-6,8,16H,7H2,1-3H3. The lowest BCUT2D eigenvalue weighted by atomic mass is 10.1. The summed E-state index contributed by atoms with van der Waals surface area (Å²) in [6, 6.07) is 4.73. The van der Waals surface area contributed by atoms with Crippen LogP contribution in [0.4, 0.5) is 4.39 Å². The minimum absolute atomic E-state index is 0.0304. The number of benzene rings is 1. The van der Waals surface area contributed by atoms with Crippen molar-refractivity contribution in [2.24, 2.45) is 0 Å². The number of nitrogens with zero attached hydrogens (tertiary/aromatic N) is 3. The van der Waals surface area contributed by atoms with Gasteiger partial charge in [-0.05, 0) is 54.9 Å². The molecule has 0 aliphatic rings. The SMILES string of the molecule is CC(C)(C)NCc1cn(-c2ccc(F)c(Br)c2)nn1. The summed E-state index contributed by atoms with van der Waals surface area (Å²) in [5.41, 5.74) is 1.64. The molecule has 0 aliphatic carbocycles. The molecule has 0 bridgehead atoms. The third-order valence-corrected chi connectivity index (χ3v) is 3.12. The van der Waals surface area contributed by atoms with Gasteiger partial charge in [-0.3, -0.25) is 0 Å². The van der Waals surface area contributed by atoms with Gasteiger partial charge in [-0.25, -0.2) is 9.07 Å². The molecule has 1 heterocycles. The monoisotopic (exact) mass is 326 g/mol. The molecule has 102 valence electrons. The Morgan fingerprint density at radius 3 is 2.74 bits per heavy atom. The molecule has 1 N–H and O–H groups in total. The van der Waals surface area contributed by atoms with Gasteiger partial charge in [0.1, 0.15) is 5.82 Å². The van der Waals surface area contributed by atoms with Crippen LogP contribution in [0.15, 0.2) is 28.9 Å². The molecule has 0 spiro atoms. The Labute approximate surface area is 120 Å². The molecule has 0 amide bonds. The molecule has 0 saturated carbocycles. The van der Waals surface area contributed by atoms with Crippen molar-refractivity contribution in [3.63, 3.8) is 0 Å². The summed E-state index contributed by atoms with van der Waals surface area (Å²) in [6.45, 7) is 6.92. The maximum absolute atomic E-state index is 13.2. The number of rotatable bonds is 3. The smallest absolute Gasteiger partial charge is 0.137 e. The molecule has 4 nitrogen and oxygen atoms in total. The predicted molar refractivity (Wildman–Crippen MR) is 75.6 cm³/mol. The molecule has 0 aliphatic heterocycles. The summed E-state index contributed by atoms with van der Waals surface area (Å²) in [5, 5.41) is 11.5. The van der Waals surface area contributed by atoms with E-state index in [1.165, 1.54) is 6.07 Å². The van der Waals surface area contributed by atoms with E-state index in [4.69, 9.17) is 0 Å². The third-order valence-electron chi connectivity index (χ3n) is 2.51. The minimum atomic E-state index is -0.293. The molecule has 2 aromatic rings. The molecular weight excluding hydrogens is 311 g/mol. The van der Waals surface area contributed by atoms with Crippen LogP contribution in [-0.4, -0.2) is 20.5 Å². The second-order valence-electron chi connectivity index (χ2n) is 5.36. The maximum Gasteiger partial charge on any atom is 0.137 e. The van der Waals surface area contributed by atoms with Gasteiger partial charge in [0.15, 0.2) is 0 Å². The van der Waals surface area contributed by atoms with Crippen molar-refractivity contribution in [1.29, 1.82) is 0 Å². The van der Waals surface area contributed by atoms with Crippen LogP contribution in [0.5, 0.6) is 0 Å². The Balaban J connectivity index is 2.14. The highest BCUT2D eigenvalue weighted by Gasteiger charge is 2.11. The Morgan fingerprint density at radius 2 is 2.11 bits per heavy atom. The zero-order valence-corrected chi connectivity index (χ0v) is 12.7. The highest BCUT2D eigenvalue weighted by Crippen LogP contribution is 2.19. The summed E-state index contributed by atoms with van der Waals surface area (Å²) >= 11 is 3.16. The molecule has 0 atom stereocenters. The van der Waals surface area contributed by atoms with Gasteiger partial charge in [0, 0.05) is 12.1 Å². The molecular formula is C13H16BrFN4. The third kappa shape index (κ3) is 3.84. The quantitative estimate of drug-likeness (QED) is 0.942. The van der Waals surface area contributed by atoms with Gasteiger partial charge in [0.05, 0.1) is 22.1 Å². The summed E-state index contributed by atoms with van der Waals surface area (Å²) < 4.78 is 15.2. The first-order chi connectivity index (χ1) is 8.85. The van der Waals surface area contributed by atoms with Gasteiger partial charge in [0.2, 0.25) is 0 Å². The fourth-order valence-corrected chi connectivity index (χ4v) is 1.86. The number of hydrogen-bond acceptors (Lipinski definition) is 3. The van der Waals surface area contributed by atoms with Gasteiger partial charge in [0.25, 0.3) is 0 Å². The topological polar surface area (TPSA) is 42.7 Å². The normalized spacial score (nSPS) is 11.8. The second-order valence-corrected chi connectivity index (χ2v) is 6.21. The second kappa shape index (κ2) is 5.38.